The molecule has 0 spiro atoms. The van der Waals surface area contributed by atoms with Crippen LogP contribution in [0.25, 0.3) is 0 Å². The molecule has 0 aliphatic carbocycles. The van der Waals surface area contributed by atoms with E-state index in [2.05, 4.69) is 29.7 Å². The molecule has 0 saturated carbocycles. The predicted octanol–water partition coefficient (Wildman–Crippen LogP) is 2.73. The van der Waals surface area contributed by atoms with Crippen LogP contribution in [0.15, 0.2) is 29.3 Å². The molecule has 2 fully saturated rings. The second-order valence-corrected chi connectivity index (χ2v) is 8.60. The Hall–Kier alpha value is -1.34. The molecule has 29 heavy (non-hydrogen) atoms. The predicted molar refractivity (Wildman–Crippen MR) is 117 cm³/mol. The van der Waals surface area contributed by atoms with Gasteiger partial charge in [-0.15, -0.1) is 0 Å². The molecule has 0 amide bonds. The van der Waals surface area contributed by atoms with Crippen LogP contribution >= 0.6 is 11.6 Å². The summed E-state index contributed by atoms with van der Waals surface area (Å²) in [7, 11) is 0. The topological polar surface area (TPSA) is 75.1 Å². The fourth-order valence-corrected chi connectivity index (χ4v) is 4.66. The Bertz CT molecular complexity index is 671. The van der Waals surface area contributed by atoms with Crippen LogP contribution in [0.3, 0.4) is 0 Å². The molecule has 2 heterocycles. The Morgan fingerprint density at radius 3 is 2.55 bits per heavy atom. The van der Waals surface area contributed by atoms with E-state index in [-0.39, 0.29) is 17.4 Å². The van der Waals surface area contributed by atoms with Gasteiger partial charge in [-0.2, -0.15) is 0 Å². The molecular weight excluding hydrogens is 390 g/mol. The zero-order chi connectivity index (χ0) is 20.6. The van der Waals surface area contributed by atoms with E-state index in [0.29, 0.717) is 13.2 Å². The first-order valence-corrected chi connectivity index (χ1v) is 11.0. The van der Waals surface area contributed by atoms with E-state index in [9.17, 15) is 5.11 Å². The van der Waals surface area contributed by atoms with Gasteiger partial charge in [-0.25, -0.2) is 0 Å². The fraction of sp³-hybridized carbons (Fsp3) is 0.682. The highest BCUT2D eigenvalue weighted by molar-refractivity contribution is 6.31. The number of hydrogen-bond acceptors (Lipinski definition) is 4. The highest BCUT2D eigenvalue weighted by Gasteiger charge is 2.37. The Morgan fingerprint density at radius 1 is 1.14 bits per heavy atom. The van der Waals surface area contributed by atoms with Gasteiger partial charge in [-0.05, 0) is 44.2 Å². The molecule has 1 aromatic rings. The lowest BCUT2D eigenvalue weighted by Gasteiger charge is -2.39. The van der Waals surface area contributed by atoms with E-state index < -0.39 is 0 Å². The molecule has 1 atom stereocenters. The molecule has 0 radical (unpaired) electrons. The number of ether oxygens (including phenoxy) is 2. The van der Waals surface area contributed by atoms with E-state index in [1.54, 1.807) is 0 Å². The third-order valence-electron chi connectivity index (χ3n) is 6.23. The standard InChI is InChI=1S/C22H34ClN3O3/c1-2-24-20(25-15-21(7-11-27)8-12-29-17-21)26-16-22(9-13-28-14-10-22)18-5-3-4-6-19(18)23/h3-6,27H,2,7-17H2,1H3,(H2,24,25,26). The van der Waals surface area contributed by atoms with Crippen LogP contribution in [0, 0.1) is 5.41 Å². The molecule has 0 bridgehead atoms. The number of nitrogens with zero attached hydrogens (tertiary/aromatic N) is 1. The van der Waals surface area contributed by atoms with Crippen molar-refractivity contribution in [3.05, 3.63) is 34.9 Å². The average Bonchev–Trinajstić information content (AvgIpc) is 3.20. The number of guanidine groups is 1. The zero-order valence-corrected chi connectivity index (χ0v) is 18.1. The first kappa shape index (κ1) is 22.3. The van der Waals surface area contributed by atoms with Gasteiger partial charge in [-0.3, -0.25) is 4.99 Å². The van der Waals surface area contributed by atoms with Crippen LogP contribution < -0.4 is 10.6 Å². The summed E-state index contributed by atoms with van der Waals surface area (Å²) in [6, 6.07) is 8.12. The Morgan fingerprint density at radius 2 is 1.90 bits per heavy atom. The van der Waals surface area contributed by atoms with Crippen molar-refractivity contribution in [3.63, 3.8) is 0 Å². The van der Waals surface area contributed by atoms with Crippen molar-refractivity contribution >= 4 is 17.6 Å². The van der Waals surface area contributed by atoms with Gasteiger partial charge in [0.15, 0.2) is 5.96 Å². The first-order valence-electron chi connectivity index (χ1n) is 10.7. The summed E-state index contributed by atoms with van der Waals surface area (Å²) in [5.74, 6) is 0.801. The maximum absolute atomic E-state index is 9.46. The molecule has 1 unspecified atom stereocenters. The third kappa shape index (κ3) is 5.63. The van der Waals surface area contributed by atoms with Crippen molar-refractivity contribution in [2.75, 3.05) is 52.7 Å². The summed E-state index contributed by atoms with van der Waals surface area (Å²) < 4.78 is 11.2. The number of rotatable bonds is 8. The summed E-state index contributed by atoms with van der Waals surface area (Å²) in [5, 5.41) is 17.2. The van der Waals surface area contributed by atoms with E-state index in [1.165, 1.54) is 5.56 Å². The minimum absolute atomic E-state index is 0.0593. The average molecular weight is 424 g/mol. The van der Waals surface area contributed by atoms with Crippen LogP contribution in [0.5, 0.6) is 0 Å². The van der Waals surface area contributed by atoms with Gasteiger partial charge in [0.25, 0.3) is 0 Å². The van der Waals surface area contributed by atoms with Crippen molar-refractivity contribution in [1.29, 1.82) is 0 Å². The van der Waals surface area contributed by atoms with Gasteiger partial charge in [0.2, 0.25) is 0 Å². The number of aliphatic hydroxyl groups excluding tert-OH is 1. The quantitative estimate of drug-likeness (QED) is 0.443. The Kier molecular flexibility index (Phi) is 8.18. The third-order valence-corrected chi connectivity index (χ3v) is 6.56. The molecule has 0 aromatic heterocycles. The van der Waals surface area contributed by atoms with Gasteiger partial charge >= 0.3 is 0 Å². The maximum Gasteiger partial charge on any atom is 0.191 e. The molecule has 7 heteroatoms. The summed E-state index contributed by atoms with van der Waals surface area (Å²) in [6.07, 6.45) is 3.50. The monoisotopic (exact) mass is 423 g/mol. The molecule has 2 aliphatic rings. The van der Waals surface area contributed by atoms with E-state index >= 15 is 0 Å². The molecule has 6 nitrogen and oxygen atoms in total. The van der Waals surface area contributed by atoms with Crippen molar-refractivity contribution in [2.45, 2.75) is 38.0 Å². The van der Waals surface area contributed by atoms with Crippen LogP contribution in [-0.2, 0) is 14.9 Å². The molecule has 162 valence electrons. The molecule has 1 aromatic carbocycles. The lowest BCUT2D eigenvalue weighted by molar-refractivity contribution is 0.0514. The van der Waals surface area contributed by atoms with Crippen LogP contribution in [-0.4, -0.2) is 63.7 Å². The van der Waals surface area contributed by atoms with Crippen LogP contribution in [0.1, 0.15) is 38.2 Å². The normalized spacial score (nSPS) is 24.4. The second-order valence-electron chi connectivity index (χ2n) is 8.20. The number of halogens is 1. The molecule has 2 saturated heterocycles. The lowest BCUT2D eigenvalue weighted by Crippen LogP contribution is -2.48. The second kappa shape index (κ2) is 10.6. The number of aliphatic hydroxyl groups is 1. The zero-order valence-electron chi connectivity index (χ0n) is 17.4. The Balaban J connectivity index is 1.74. The summed E-state index contributed by atoms with van der Waals surface area (Å²) >= 11 is 6.57. The van der Waals surface area contributed by atoms with Gasteiger partial charge in [0.1, 0.15) is 0 Å². The maximum atomic E-state index is 9.46. The van der Waals surface area contributed by atoms with Crippen molar-refractivity contribution in [1.82, 2.24) is 10.6 Å². The Labute approximate surface area is 179 Å². The number of aliphatic imine (C=N–C) groups is 1. The van der Waals surface area contributed by atoms with E-state index in [4.69, 9.17) is 26.1 Å². The van der Waals surface area contributed by atoms with E-state index in [0.717, 1.165) is 69.6 Å². The van der Waals surface area contributed by atoms with Gasteiger partial charge < -0.3 is 25.2 Å². The number of benzene rings is 1. The largest absolute Gasteiger partial charge is 0.396 e. The molecule has 3 N–H and O–H groups in total. The van der Waals surface area contributed by atoms with Gasteiger partial charge in [0, 0.05) is 55.4 Å². The van der Waals surface area contributed by atoms with E-state index in [1.807, 2.05) is 12.1 Å². The van der Waals surface area contributed by atoms with Crippen molar-refractivity contribution < 1.29 is 14.6 Å². The molecular formula is C22H34ClN3O3. The molecule has 3 rings (SSSR count). The number of hydrogen-bond donors (Lipinski definition) is 3. The van der Waals surface area contributed by atoms with Crippen LogP contribution in [0.4, 0.5) is 0 Å². The van der Waals surface area contributed by atoms with Crippen molar-refractivity contribution in [2.24, 2.45) is 10.4 Å². The number of nitrogens with one attached hydrogen (secondary N) is 2. The highest BCUT2D eigenvalue weighted by Crippen LogP contribution is 2.38. The molecule has 2 aliphatic heterocycles. The fourth-order valence-electron chi connectivity index (χ4n) is 4.32. The van der Waals surface area contributed by atoms with Crippen LogP contribution in [0.2, 0.25) is 5.02 Å². The SMILES string of the molecule is CCNC(=NCC1(CCO)CCOC1)NCC1(c2ccccc2Cl)CCOCC1. The summed E-state index contributed by atoms with van der Waals surface area (Å²) in [4.78, 5) is 4.86. The minimum atomic E-state index is -0.0773. The lowest BCUT2D eigenvalue weighted by atomic mass is 9.74. The smallest absolute Gasteiger partial charge is 0.191 e. The first-order chi connectivity index (χ1) is 14.1. The van der Waals surface area contributed by atoms with Crippen molar-refractivity contribution in [3.8, 4) is 0 Å². The minimum Gasteiger partial charge on any atom is -0.396 e. The summed E-state index contributed by atoms with van der Waals surface area (Å²) in [6.45, 7) is 7.29. The summed E-state index contributed by atoms with van der Waals surface area (Å²) in [5.41, 5.74) is 1.04. The van der Waals surface area contributed by atoms with Gasteiger partial charge in [-0.1, -0.05) is 29.8 Å². The van der Waals surface area contributed by atoms with Gasteiger partial charge in [0.05, 0.1) is 13.2 Å². The highest BCUT2D eigenvalue weighted by atomic mass is 35.5.